The lowest BCUT2D eigenvalue weighted by Crippen LogP contribution is -2.19. The van der Waals surface area contributed by atoms with E-state index >= 15 is 0 Å². The Kier molecular flexibility index (Phi) is 4.67. The highest BCUT2D eigenvalue weighted by Gasteiger charge is 2.12. The van der Waals surface area contributed by atoms with Gasteiger partial charge in [0.2, 0.25) is 0 Å². The normalized spacial score (nSPS) is 22.1. The van der Waals surface area contributed by atoms with Crippen LogP contribution in [0, 0.1) is 0 Å². The molecule has 1 aliphatic heterocycles. The van der Waals surface area contributed by atoms with Crippen LogP contribution in [0.5, 0.6) is 0 Å². The third kappa shape index (κ3) is 4.17. The van der Waals surface area contributed by atoms with Crippen molar-refractivity contribution in [2.24, 2.45) is 5.10 Å². The van der Waals surface area contributed by atoms with Crippen LogP contribution in [0.25, 0.3) is 0 Å². The number of thioether (sulfide) groups is 1. The van der Waals surface area contributed by atoms with Crippen molar-refractivity contribution in [2.45, 2.75) is 25.0 Å². The SMILES string of the molecule is CCOC(=O)N/N=C/C1CCCS1. The summed E-state index contributed by atoms with van der Waals surface area (Å²) in [5.74, 6) is 1.19. The molecule has 0 aromatic carbocycles. The first kappa shape index (κ1) is 10.4. The summed E-state index contributed by atoms with van der Waals surface area (Å²) in [4.78, 5) is 10.8. The second kappa shape index (κ2) is 5.85. The molecule has 5 heteroatoms. The first-order valence-electron chi connectivity index (χ1n) is 4.40. The lowest BCUT2D eigenvalue weighted by atomic mass is 10.3. The van der Waals surface area contributed by atoms with Gasteiger partial charge in [-0.3, -0.25) is 0 Å². The molecule has 13 heavy (non-hydrogen) atoms. The van der Waals surface area contributed by atoms with Crippen LogP contribution in [0.15, 0.2) is 5.10 Å². The summed E-state index contributed by atoms with van der Waals surface area (Å²) in [5, 5.41) is 4.26. The summed E-state index contributed by atoms with van der Waals surface area (Å²) in [7, 11) is 0. The zero-order valence-corrected chi connectivity index (χ0v) is 8.47. The number of nitrogens with zero attached hydrogens (tertiary/aromatic N) is 1. The molecule has 1 fully saturated rings. The Morgan fingerprint density at radius 2 is 2.69 bits per heavy atom. The predicted molar refractivity (Wildman–Crippen MR) is 54.1 cm³/mol. The van der Waals surface area contributed by atoms with Gasteiger partial charge in [0.15, 0.2) is 0 Å². The van der Waals surface area contributed by atoms with Gasteiger partial charge in [-0.05, 0) is 25.5 Å². The minimum absolute atomic E-state index is 0.375. The molecular weight excluding hydrogens is 188 g/mol. The zero-order valence-electron chi connectivity index (χ0n) is 7.66. The number of amides is 1. The topological polar surface area (TPSA) is 50.7 Å². The van der Waals surface area contributed by atoms with E-state index in [-0.39, 0.29) is 0 Å². The second-order valence-electron chi connectivity index (χ2n) is 2.66. The highest BCUT2D eigenvalue weighted by Crippen LogP contribution is 2.24. The Bertz CT molecular complexity index is 191. The minimum Gasteiger partial charge on any atom is -0.449 e. The summed E-state index contributed by atoms with van der Waals surface area (Å²) < 4.78 is 4.64. The number of hydrogen-bond donors (Lipinski definition) is 1. The molecule has 1 rings (SSSR count). The molecule has 1 unspecified atom stereocenters. The quantitative estimate of drug-likeness (QED) is 0.559. The number of carbonyl (C=O) groups is 1. The second-order valence-corrected chi connectivity index (χ2v) is 4.01. The molecule has 74 valence electrons. The van der Waals surface area contributed by atoms with Gasteiger partial charge < -0.3 is 4.74 Å². The fourth-order valence-electron chi connectivity index (χ4n) is 1.06. The average Bonchev–Trinajstić information content (AvgIpc) is 2.57. The molecule has 1 heterocycles. The van der Waals surface area contributed by atoms with Crippen molar-refractivity contribution in [3.8, 4) is 0 Å². The number of hydrogen-bond acceptors (Lipinski definition) is 4. The van der Waals surface area contributed by atoms with Gasteiger partial charge in [-0.1, -0.05) is 0 Å². The lowest BCUT2D eigenvalue weighted by Gasteiger charge is -2.00. The summed E-state index contributed by atoms with van der Waals surface area (Å²) in [5.41, 5.74) is 2.31. The first-order valence-corrected chi connectivity index (χ1v) is 5.45. The van der Waals surface area contributed by atoms with Gasteiger partial charge in [0, 0.05) is 11.5 Å². The molecular formula is C8H14N2O2S. The van der Waals surface area contributed by atoms with Gasteiger partial charge in [0.25, 0.3) is 0 Å². The van der Waals surface area contributed by atoms with Crippen molar-refractivity contribution < 1.29 is 9.53 Å². The van der Waals surface area contributed by atoms with Crippen molar-refractivity contribution >= 4 is 24.1 Å². The molecule has 0 aromatic heterocycles. The van der Waals surface area contributed by atoms with Crippen LogP contribution in [0.1, 0.15) is 19.8 Å². The van der Waals surface area contributed by atoms with Crippen LogP contribution in [0.3, 0.4) is 0 Å². The lowest BCUT2D eigenvalue weighted by molar-refractivity contribution is 0.152. The molecule has 0 bridgehead atoms. The Morgan fingerprint density at radius 3 is 3.31 bits per heavy atom. The fraction of sp³-hybridized carbons (Fsp3) is 0.750. The molecule has 1 atom stereocenters. The Labute approximate surface area is 82.1 Å². The number of ether oxygens (including phenoxy) is 1. The van der Waals surface area contributed by atoms with Crippen molar-refractivity contribution in [1.29, 1.82) is 0 Å². The summed E-state index contributed by atoms with van der Waals surface area (Å²) in [6, 6.07) is 0. The van der Waals surface area contributed by atoms with Crippen LogP contribution in [0.2, 0.25) is 0 Å². The van der Waals surface area contributed by atoms with Gasteiger partial charge in [-0.15, -0.1) is 0 Å². The maximum Gasteiger partial charge on any atom is 0.427 e. The van der Waals surface area contributed by atoms with Crippen molar-refractivity contribution in [3.05, 3.63) is 0 Å². The standard InChI is InChI=1S/C8H14N2O2S/c1-2-12-8(11)10-9-6-7-4-3-5-13-7/h6-7H,2-5H2,1H3,(H,10,11)/b9-6+. The molecule has 1 saturated heterocycles. The van der Waals surface area contributed by atoms with Crippen LogP contribution < -0.4 is 5.43 Å². The molecule has 0 saturated carbocycles. The minimum atomic E-state index is -0.484. The predicted octanol–water partition coefficient (Wildman–Crippen LogP) is 1.61. The van der Waals surface area contributed by atoms with E-state index in [4.69, 9.17) is 0 Å². The summed E-state index contributed by atoms with van der Waals surface area (Å²) in [6.45, 7) is 2.13. The van der Waals surface area contributed by atoms with Crippen LogP contribution in [-0.2, 0) is 4.74 Å². The van der Waals surface area contributed by atoms with E-state index in [2.05, 4.69) is 15.3 Å². The van der Waals surface area contributed by atoms with Gasteiger partial charge in [-0.25, -0.2) is 10.2 Å². The van der Waals surface area contributed by atoms with Gasteiger partial charge in [0.05, 0.1) is 6.61 Å². The molecule has 0 spiro atoms. The van der Waals surface area contributed by atoms with E-state index in [0.717, 1.165) is 6.42 Å². The highest BCUT2D eigenvalue weighted by atomic mass is 32.2. The summed E-state index contributed by atoms with van der Waals surface area (Å²) >= 11 is 1.87. The Balaban J connectivity index is 2.12. The first-order chi connectivity index (χ1) is 6.33. The Morgan fingerprint density at radius 1 is 1.85 bits per heavy atom. The van der Waals surface area contributed by atoms with Crippen molar-refractivity contribution in [2.75, 3.05) is 12.4 Å². The molecule has 0 aromatic rings. The highest BCUT2D eigenvalue weighted by molar-refractivity contribution is 8.00. The molecule has 1 N–H and O–H groups in total. The number of nitrogens with one attached hydrogen (secondary N) is 1. The number of hydrazone groups is 1. The average molecular weight is 202 g/mol. The van der Waals surface area contributed by atoms with Crippen molar-refractivity contribution in [1.82, 2.24) is 5.43 Å². The maximum atomic E-state index is 10.8. The number of carbonyl (C=O) groups excluding carboxylic acids is 1. The van der Waals surface area contributed by atoms with Gasteiger partial charge in [0.1, 0.15) is 0 Å². The molecule has 0 aliphatic carbocycles. The van der Waals surface area contributed by atoms with Crippen LogP contribution in [0.4, 0.5) is 4.79 Å². The molecule has 0 radical (unpaired) electrons. The Hall–Kier alpha value is -0.710. The third-order valence-electron chi connectivity index (χ3n) is 1.64. The monoisotopic (exact) mass is 202 g/mol. The van der Waals surface area contributed by atoms with E-state index in [1.165, 1.54) is 12.2 Å². The largest absolute Gasteiger partial charge is 0.449 e. The number of rotatable bonds is 3. The smallest absolute Gasteiger partial charge is 0.427 e. The molecule has 4 nitrogen and oxygen atoms in total. The van der Waals surface area contributed by atoms with Gasteiger partial charge in [-0.2, -0.15) is 16.9 Å². The van der Waals surface area contributed by atoms with Crippen LogP contribution in [-0.4, -0.2) is 29.9 Å². The molecule has 1 aliphatic rings. The van der Waals surface area contributed by atoms with E-state index in [1.807, 2.05) is 11.8 Å². The summed E-state index contributed by atoms with van der Waals surface area (Å²) in [6.07, 6.45) is 3.68. The van der Waals surface area contributed by atoms with E-state index in [1.54, 1.807) is 13.1 Å². The van der Waals surface area contributed by atoms with Crippen molar-refractivity contribution in [3.63, 3.8) is 0 Å². The fourth-order valence-corrected chi connectivity index (χ4v) is 2.17. The zero-order chi connectivity index (χ0) is 9.52. The maximum absolute atomic E-state index is 10.8. The van der Waals surface area contributed by atoms with E-state index in [9.17, 15) is 4.79 Å². The van der Waals surface area contributed by atoms with Gasteiger partial charge >= 0.3 is 6.09 Å². The third-order valence-corrected chi connectivity index (χ3v) is 2.95. The van der Waals surface area contributed by atoms with Crippen LogP contribution >= 0.6 is 11.8 Å². The molecule has 1 amide bonds. The van der Waals surface area contributed by atoms with E-state index in [0.29, 0.717) is 11.9 Å². The van der Waals surface area contributed by atoms with E-state index < -0.39 is 6.09 Å².